The van der Waals surface area contributed by atoms with Gasteiger partial charge in [-0.1, -0.05) is 55.8 Å². The van der Waals surface area contributed by atoms with Gasteiger partial charge in [-0.05, 0) is 42.9 Å². The van der Waals surface area contributed by atoms with Crippen molar-refractivity contribution >= 4 is 15.9 Å². The quantitative estimate of drug-likeness (QED) is 0.672. The molecule has 1 aromatic carbocycles. The van der Waals surface area contributed by atoms with E-state index in [-0.39, 0.29) is 6.10 Å². The molecular weight excluding hydrogens is 326 g/mol. The number of benzene rings is 1. The fourth-order valence-electron chi connectivity index (χ4n) is 2.84. The molecule has 0 aliphatic heterocycles. The molecule has 1 N–H and O–H groups in total. The molecule has 1 atom stereocenters. The first kappa shape index (κ1) is 18.7. The van der Waals surface area contributed by atoms with Gasteiger partial charge in [-0.3, -0.25) is 0 Å². The number of rotatable bonds is 9. The monoisotopic (exact) mass is 355 g/mol. The summed E-state index contributed by atoms with van der Waals surface area (Å²) in [5, 5.41) is 10.4. The summed E-state index contributed by atoms with van der Waals surface area (Å²) in [6.45, 7) is 11.1. The SMILES string of the molecule is CCC(CC)N(CCC(O)c1ccc(Br)cc1)CC(C)C. The van der Waals surface area contributed by atoms with Crippen molar-refractivity contribution in [1.29, 1.82) is 0 Å². The van der Waals surface area contributed by atoms with Gasteiger partial charge in [-0.15, -0.1) is 0 Å². The van der Waals surface area contributed by atoms with E-state index in [2.05, 4.69) is 48.5 Å². The molecule has 0 saturated heterocycles. The maximum absolute atomic E-state index is 10.4. The molecule has 0 heterocycles. The van der Waals surface area contributed by atoms with Gasteiger partial charge < -0.3 is 10.0 Å². The first-order valence-electron chi connectivity index (χ1n) is 8.15. The summed E-state index contributed by atoms with van der Waals surface area (Å²) in [5.41, 5.74) is 1.01. The molecule has 0 saturated carbocycles. The van der Waals surface area contributed by atoms with Gasteiger partial charge in [-0.2, -0.15) is 0 Å². The smallest absolute Gasteiger partial charge is 0.0802 e. The third kappa shape index (κ3) is 6.50. The minimum atomic E-state index is -0.373. The summed E-state index contributed by atoms with van der Waals surface area (Å²) >= 11 is 3.43. The number of aliphatic hydroxyl groups is 1. The van der Waals surface area contributed by atoms with Gasteiger partial charge in [0.1, 0.15) is 0 Å². The Labute approximate surface area is 138 Å². The van der Waals surface area contributed by atoms with Gasteiger partial charge in [0.2, 0.25) is 0 Å². The standard InChI is InChI=1S/C18H30BrNO/c1-5-17(6-2)20(13-14(3)4)12-11-18(21)15-7-9-16(19)10-8-15/h7-10,14,17-18,21H,5-6,11-13H2,1-4H3. The molecule has 0 bridgehead atoms. The lowest BCUT2D eigenvalue weighted by Crippen LogP contribution is -2.38. The molecule has 0 aliphatic rings. The molecular formula is C18H30BrNO. The van der Waals surface area contributed by atoms with Gasteiger partial charge >= 0.3 is 0 Å². The van der Waals surface area contributed by atoms with Gasteiger partial charge in [0, 0.05) is 23.6 Å². The average molecular weight is 356 g/mol. The maximum atomic E-state index is 10.4. The van der Waals surface area contributed by atoms with E-state index in [0.717, 1.165) is 29.5 Å². The first-order valence-corrected chi connectivity index (χ1v) is 8.94. The third-order valence-electron chi connectivity index (χ3n) is 4.00. The van der Waals surface area contributed by atoms with Gasteiger partial charge in [0.15, 0.2) is 0 Å². The van der Waals surface area contributed by atoms with Crippen LogP contribution in [-0.2, 0) is 0 Å². The predicted octanol–water partition coefficient (Wildman–Crippen LogP) is 5.02. The van der Waals surface area contributed by atoms with Crippen LogP contribution in [0, 0.1) is 5.92 Å². The molecule has 1 unspecified atom stereocenters. The minimum Gasteiger partial charge on any atom is -0.388 e. The first-order chi connectivity index (χ1) is 9.97. The van der Waals surface area contributed by atoms with Crippen LogP contribution in [0.25, 0.3) is 0 Å². The highest BCUT2D eigenvalue weighted by Crippen LogP contribution is 2.21. The zero-order chi connectivity index (χ0) is 15.8. The molecule has 0 fully saturated rings. The number of halogens is 1. The fourth-order valence-corrected chi connectivity index (χ4v) is 3.10. The minimum absolute atomic E-state index is 0.373. The van der Waals surface area contributed by atoms with Crippen LogP contribution in [0.1, 0.15) is 58.6 Å². The van der Waals surface area contributed by atoms with E-state index in [1.165, 1.54) is 12.8 Å². The predicted molar refractivity (Wildman–Crippen MR) is 94.5 cm³/mol. The van der Waals surface area contributed by atoms with Crippen LogP contribution in [0.2, 0.25) is 0 Å². The topological polar surface area (TPSA) is 23.5 Å². The largest absolute Gasteiger partial charge is 0.388 e. The highest BCUT2D eigenvalue weighted by Gasteiger charge is 2.18. The van der Waals surface area contributed by atoms with E-state index < -0.39 is 0 Å². The van der Waals surface area contributed by atoms with Crippen molar-refractivity contribution in [3.05, 3.63) is 34.3 Å². The Kier molecular flexibility index (Phi) is 8.53. The number of aliphatic hydroxyl groups excluding tert-OH is 1. The molecule has 0 aromatic heterocycles. The summed E-state index contributed by atoms with van der Waals surface area (Å²) < 4.78 is 1.05. The summed E-state index contributed by atoms with van der Waals surface area (Å²) in [5.74, 6) is 0.662. The maximum Gasteiger partial charge on any atom is 0.0802 e. The average Bonchev–Trinajstić information content (AvgIpc) is 2.45. The van der Waals surface area contributed by atoms with E-state index in [9.17, 15) is 5.11 Å². The molecule has 1 rings (SSSR count). The van der Waals surface area contributed by atoms with E-state index in [4.69, 9.17) is 0 Å². The second-order valence-electron chi connectivity index (χ2n) is 6.22. The van der Waals surface area contributed by atoms with Gasteiger partial charge in [0.25, 0.3) is 0 Å². The molecule has 0 amide bonds. The highest BCUT2D eigenvalue weighted by atomic mass is 79.9. The van der Waals surface area contributed by atoms with Crippen LogP contribution in [-0.4, -0.2) is 29.1 Å². The Morgan fingerprint density at radius 3 is 2.14 bits per heavy atom. The summed E-state index contributed by atoms with van der Waals surface area (Å²) in [4.78, 5) is 2.55. The van der Waals surface area contributed by atoms with Crippen molar-refractivity contribution in [2.45, 2.75) is 59.1 Å². The van der Waals surface area contributed by atoms with E-state index in [1.54, 1.807) is 0 Å². The van der Waals surface area contributed by atoms with Crippen molar-refractivity contribution in [1.82, 2.24) is 4.90 Å². The Balaban J connectivity index is 2.60. The van der Waals surface area contributed by atoms with Crippen molar-refractivity contribution in [2.24, 2.45) is 5.92 Å². The molecule has 3 heteroatoms. The summed E-state index contributed by atoms with van der Waals surface area (Å²) in [6.07, 6.45) is 2.78. The van der Waals surface area contributed by atoms with E-state index >= 15 is 0 Å². The summed E-state index contributed by atoms with van der Waals surface area (Å²) in [6, 6.07) is 8.61. The van der Waals surface area contributed by atoms with Crippen LogP contribution in [0.4, 0.5) is 0 Å². The lowest BCUT2D eigenvalue weighted by atomic mass is 10.0. The highest BCUT2D eigenvalue weighted by molar-refractivity contribution is 9.10. The van der Waals surface area contributed by atoms with E-state index in [0.29, 0.717) is 12.0 Å². The van der Waals surface area contributed by atoms with Crippen molar-refractivity contribution < 1.29 is 5.11 Å². The molecule has 21 heavy (non-hydrogen) atoms. The second kappa shape index (κ2) is 9.60. The molecule has 0 aliphatic carbocycles. The van der Waals surface area contributed by atoms with Crippen molar-refractivity contribution in [3.8, 4) is 0 Å². The molecule has 1 aromatic rings. The Morgan fingerprint density at radius 1 is 1.10 bits per heavy atom. The van der Waals surface area contributed by atoms with E-state index in [1.807, 2.05) is 24.3 Å². The normalized spacial score (nSPS) is 13.4. The molecule has 2 nitrogen and oxygen atoms in total. The lowest BCUT2D eigenvalue weighted by molar-refractivity contribution is 0.111. The van der Waals surface area contributed by atoms with Gasteiger partial charge in [0.05, 0.1) is 6.10 Å². The van der Waals surface area contributed by atoms with Crippen LogP contribution in [0.5, 0.6) is 0 Å². The van der Waals surface area contributed by atoms with Crippen molar-refractivity contribution in [2.75, 3.05) is 13.1 Å². The number of hydrogen-bond donors (Lipinski definition) is 1. The zero-order valence-electron chi connectivity index (χ0n) is 13.8. The zero-order valence-corrected chi connectivity index (χ0v) is 15.4. The molecule has 120 valence electrons. The Hall–Kier alpha value is -0.380. The van der Waals surface area contributed by atoms with Crippen LogP contribution >= 0.6 is 15.9 Å². The van der Waals surface area contributed by atoms with Crippen molar-refractivity contribution in [3.63, 3.8) is 0 Å². The summed E-state index contributed by atoms with van der Waals surface area (Å²) in [7, 11) is 0. The van der Waals surface area contributed by atoms with Gasteiger partial charge in [-0.25, -0.2) is 0 Å². The Morgan fingerprint density at radius 2 is 1.67 bits per heavy atom. The third-order valence-corrected chi connectivity index (χ3v) is 4.53. The molecule has 0 spiro atoms. The van der Waals surface area contributed by atoms with Crippen LogP contribution in [0.15, 0.2) is 28.7 Å². The molecule has 0 radical (unpaired) electrons. The fraction of sp³-hybridized carbons (Fsp3) is 0.667. The van der Waals surface area contributed by atoms with Crippen LogP contribution < -0.4 is 0 Å². The second-order valence-corrected chi connectivity index (χ2v) is 7.13. The Bertz CT molecular complexity index is 387. The lowest BCUT2D eigenvalue weighted by Gasteiger charge is -2.32. The van der Waals surface area contributed by atoms with Crippen LogP contribution in [0.3, 0.4) is 0 Å². The number of nitrogens with zero attached hydrogens (tertiary/aromatic N) is 1. The number of hydrogen-bond acceptors (Lipinski definition) is 2.